The van der Waals surface area contributed by atoms with E-state index in [-0.39, 0.29) is 0 Å². The highest BCUT2D eigenvalue weighted by Crippen LogP contribution is 2.48. The summed E-state index contributed by atoms with van der Waals surface area (Å²) < 4.78 is 17.0. The Morgan fingerprint density at radius 1 is 1.08 bits per heavy atom. The van der Waals surface area contributed by atoms with Crippen molar-refractivity contribution in [3.05, 3.63) is 63.3 Å². The van der Waals surface area contributed by atoms with Gasteiger partial charge in [-0.25, -0.2) is 4.98 Å². The van der Waals surface area contributed by atoms with Gasteiger partial charge in [0, 0.05) is 23.4 Å². The Kier molecular flexibility index (Phi) is 10.9. The van der Waals surface area contributed by atoms with Crippen LogP contribution in [0.2, 0.25) is 10.0 Å². The number of amides is 1. The van der Waals surface area contributed by atoms with Gasteiger partial charge in [-0.1, -0.05) is 36.2 Å². The molecular weight excluding hydrogens is 527 g/mol. The molecule has 1 saturated carbocycles. The fourth-order valence-electron chi connectivity index (χ4n) is 4.00. The quantitative estimate of drug-likeness (QED) is 0.402. The lowest BCUT2D eigenvalue weighted by Gasteiger charge is -2.28. The van der Waals surface area contributed by atoms with Crippen LogP contribution in [0.15, 0.2) is 36.6 Å². The molecule has 8 nitrogen and oxygen atoms in total. The predicted octanol–water partition coefficient (Wildman–Crippen LogP) is 5.83. The van der Waals surface area contributed by atoms with Crippen molar-refractivity contribution >= 4 is 52.5 Å². The first-order valence-corrected chi connectivity index (χ1v) is 13.2. The number of benzene rings is 1. The molecular formula is C28H34Cl2N4O4. The van der Waals surface area contributed by atoms with Gasteiger partial charge in [-0.15, -0.1) is 0 Å². The molecule has 3 heterocycles. The number of ether oxygens (including phenoxy) is 3. The van der Waals surface area contributed by atoms with Crippen LogP contribution >= 0.6 is 23.2 Å². The maximum absolute atomic E-state index is 9.47. The minimum Gasteiger partial charge on any atom is -0.495 e. The number of piperidine rings is 1. The first-order valence-electron chi connectivity index (χ1n) is 12.4. The number of nitrogens with two attached hydrogens (primary N) is 2. The highest BCUT2D eigenvalue weighted by molar-refractivity contribution is 6.39. The normalized spacial score (nSPS) is 15.6. The fraction of sp³-hybridized carbons (Fsp3) is 0.357. The second-order valence-electron chi connectivity index (χ2n) is 8.79. The third-order valence-corrected chi connectivity index (χ3v) is 6.96. The number of nitrogens with one attached hydrogen (secondary N) is 1. The second-order valence-corrected chi connectivity index (χ2v) is 9.55. The number of methoxy groups -OCH3 is 2. The van der Waals surface area contributed by atoms with Crippen LogP contribution in [-0.4, -0.2) is 38.2 Å². The van der Waals surface area contributed by atoms with Crippen LogP contribution in [0.1, 0.15) is 55.2 Å². The summed E-state index contributed by atoms with van der Waals surface area (Å²) in [6.07, 6.45) is 12.0. The van der Waals surface area contributed by atoms with Crippen molar-refractivity contribution in [2.24, 2.45) is 5.73 Å². The van der Waals surface area contributed by atoms with Crippen LogP contribution in [-0.2, 0) is 9.53 Å². The number of carbonyl (C=O) groups excluding carboxylic acids is 1. The number of rotatable bonds is 4. The highest BCUT2D eigenvalue weighted by atomic mass is 35.5. The van der Waals surface area contributed by atoms with Gasteiger partial charge in [-0.2, -0.15) is 0 Å². The van der Waals surface area contributed by atoms with Crippen molar-refractivity contribution in [1.82, 2.24) is 10.3 Å². The Balaban J connectivity index is 0.000000304. The number of allylic oxidation sites excluding steroid dienone is 1. The zero-order chi connectivity index (χ0) is 27.7. The average Bonchev–Trinajstić information content (AvgIpc) is 2.90. The van der Waals surface area contributed by atoms with Gasteiger partial charge < -0.3 is 31.0 Å². The van der Waals surface area contributed by atoms with Crippen molar-refractivity contribution in [2.45, 2.75) is 38.5 Å². The molecule has 38 heavy (non-hydrogen) atoms. The summed E-state index contributed by atoms with van der Waals surface area (Å²) in [4.78, 5) is 13.7. The molecule has 204 valence electrons. The minimum absolute atomic E-state index is 0.361. The zero-order valence-electron chi connectivity index (χ0n) is 21.7. The summed E-state index contributed by atoms with van der Waals surface area (Å²) in [5, 5.41) is 4.01. The summed E-state index contributed by atoms with van der Waals surface area (Å²) in [7, 11) is 3.08. The van der Waals surface area contributed by atoms with Crippen molar-refractivity contribution in [3.8, 4) is 11.5 Å². The maximum Gasteiger partial charge on any atom is 0.240 e. The van der Waals surface area contributed by atoms with E-state index in [2.05, 4.69) is 22.6 Å². The first kappa shape index (κ1) is 29.4. The van der Waals surface area contributed by atoms with Crippen molar-refractivity contribution < 1.29 is 19.0 Å². The fourth-order valence-corrected chi connectivity index (χ4v) is 4.69. The Labute approximate surface area is 233 Å². The van der Waals surface area contributed by atoms with E-state index in [0.717, 1.165) is 42.2 Å². The average molecular weight is 562 g/mol. The number of hydrogen-bond acceptors (Lipinski definition) is 7. The molecule has 0 atom stereocenters. The number of aromatic nitrogens is 1. The van der Waals surface area contributed by atoms with Crippen LogP contribution in [0.4, 0.5) is 5.82 Å². The maximum atomic E-state index is 9.47. The summed E-state index contributed by atoms with van der Waals surface area (Å²) >= 11 is 13.1. The molecule has 2 fully saturated rings. The van der Waals surface area contributed by atoms with Crippen LogP contribution < -0.4 is 26.3 Å². The molecule has 2 aromatic rings. The van der Waals surface area contributed by atoms with E-state index in [1.54, 1.807) is 12.3 Å². The lowest BCUT2D eigenvalue weighted by Crippen LogP contribution is -2.21. The topological polar surface area (TPSA) is 122 Å². The van der Waals surface area contributed by atoms with E-state index < -0.39 is 5.91 Å². The van der Waals surface area contributed by atoms with Crippen LogP contribution in [0, 0.1) is 0 Å². The molecule has 0 spiro atoms. The molecule has 1 amide bonds. The molecule has 0 bridgehead atoms. The van der Waals surface area contributed by atoms with Crippen molar-refractivity contribution in [1.29, 1.82) is 0 Å². The Morgan fingerprint density at radius 2 is 1.68 bits per heavy atom. The highest BCUT2D eigenvalue weighted by Gasteiger charge is 2.29. The van der Waals surface area contributed by atoms with E-state index in [4.69, 9.17) is 43.1 Å². The molecule has 1 aromatic heterocycles. The Morgan fingerprint density at radius 3 is 2.11 bits per heavy atom. The van der Waals surface area contributed by atoms with Gasteiger partial charge in [0.1, 0.15) is 28.8 Å². The van der Waals surface area contributed by atoms with Gasteiger partial charge in [0.2, 0.25) is 5.91 Å². The Hall–Kier alpha value is -3.20. The van der Waals surface area contributed by atoms with Gasteiger partial charge in [0.25, 0.3) is 0 Å². The van der Waals surface area contributed by atoms with Crippen LogP contribution in [0.3, 0.4) is 0 Å². The molecule has 3 aliphatic rings. The van der Waals surface area contributed by atoms with Crippen LogP contribution in [0.5, 0.6) is 11.5 Å². The number of hydrogen-bond donors (Lipinski definition) is 3. The first-order chi connectivity index (χ1) is 18.3. The Bertz CT molecular complexity index is 1190. The predicted molar refractivity (Wildman–Crippen MR) is 154 cm³/mol. The van der Waals surface area contributed by atoms with Gasteiger partial charge in [-0.05, 0) is 69.0 Å². The van der Waals surface area contributed by atoms with Gasteiger partial charge in [0.05, 0.1) is 29.8 Å². The summed E-state index contributed by atoms with van der Waals surface area (Å²) in [5.74, 6) is 2.20. The van der Waals surface area contributed by atoms with E-state index >= 15 is 0 Å². The SMILES string of the molecule is C1CCNCC1.C=CC(N)=O.COc1cc(OC)c(Cl)c(C2=Cc3cnc(N)cc3C(=C3CCC3)O2)c1Cl. The lowest BCUT2D eigenvalue weighted by molar-refractivity contribution is -0.113. The summed E-state index contributed by atoms with van der Waals surface area (Å²) in [6.45, 7) is 5.59. The van der Waals surface area contributed by atoms with E-state index in [1.807, 2.05) is 12.1 Å². The standard InChI is InChI=1S/C20H18Cl2N2O3.C5H11N.C3H5NO/c1-25-14-8-15(26-2)19(22)17(18(14)21)13-6-11-9-24-16(23)7-12(11)20(27-13)10-4-3-5-10;1-2-4-6-5-3-1;1-2-3(4)5/h6-9H,3-5H2,1-2H3,(H2,23,24);6H,1-5H2;2H,1H2,(H2,4,5). The molecule has 2 aliphatic heterocycles. The number of anilines is 1. The molecule has 5 rings (SSSR count). The number of nitrogens with zero attached hydrogens (tertiary/aromatic N) is 1. The summed E-state index contributed by atoms with van der Waals surface area (Å²) in [6, 6.07) is 3.48. The van der Waals surface area contributed by atoms with Gasteiger partial charge in [0.15, 0.2) is 0 Å². The van der Waals surface area contributed by atoms with Crippen LogP contribution in [0.25, 0.3) is 17.6 Å². The number of nitrogen functional groups attached to an aromatic ring is 1. The number of pyridine rings is 1. The number of fused-ring (bicyclic) bond motifs is 1. The smallest absolute Gasteiger partial charge is 0.240 e. The molecule has 10 heteroatoms. The van der Waals surface area contributed by atoms with Gasteiger partial charge >= 0.3 is 0 Å². The molecule has 0 radical (unpaired) electrons. The van der Waals surface area contributed by atoms with Crippen molar-refractivity contribution in [2.75, 3.05) is 33.0 Å². The molecule has 1 aromatic carbocycles. The number of primary amides is 1. The van der Waals surface area contributed by atoms with Crippen molar-refractivity contribution in [3.63, 3.8) is 0 Å². The monoisotopic (exact) mass is 560 g/mol. The largest absolute Gasteiger partial charge is 0.495 e. The molecule has 1 saturated heterocycles. The van der Waals surface area contributed by atoms with E-state index in [0.29, 0.717) is 38.7 Å². The molecule has 5 N–H and O–H groups in total. The minimum atomic E-state index is -0.481. The van der Waals surface area contributed by atoms with E-state index in [9.17, 15) is 4.79 Å². The van der Waals surface area contributed by atoms with E-state index in [1.165, 1.54) is 52.1 Å². The third-order valence-electron chi connectivity index (χ3n) is 6.21. The molecule has 1 aliphatic carbocycles. The number of carbonyl (C=O) groups is 1. The third kappa shape index (κ3) is 7.22. The number of halogens is 2. The lowest BCUT2D eigenvalue weighted by atomic mass is 9.87. The van der Waals surface area contributed by atoms with Gasteiger partial charge in [-0.3, -0.25) is 4.79 Å². The second kappa shape index (κ2) is 14.1. The molecule has 0 unspecified atom stereocenters. The summed E-state index contributed by atoms with van der Waals surface area (Å²) in [5.41, 5.74) is 14.0. The zero-order valence-corrected chi connectivity index (χ0v) is 23.3.